The van der Waals surface area contributed by atoms with E-state index in [0.29, 0.717) is 11.4 Å². The molecule has 0 bridgehead atoms. The van der Waals surface area contributed by atoms with E-state index >= 15 is 0 Å². The van der Waals surface area contributed by atoms with Gasteiger partial charge in [0.05, 0.1) is 17.1 Å². The normalized spacial score (nSPS) is 20.4. The number of hydrogen-bond acceptors (Lipinski definition) is 4. The number of fused-ring (bicyclic) bond motifs is 1. The number of rotatable bonds is 3. The van der Waals surface area contributed by atoms with Crippen molar-refractivity contribution in [2.75, 3.05) is 4.72 Å². The Morgan fingerprint density at radius 1 is 1.29 bits per heavy atom. The Morgan fingerprint density at radius 2 is 2.05 bits per heavy atom. The standard InChI is InChI=1S/C13H11N3O4S/c17-12-4-2-1-3-10(12)16-21(19,20)8-5-6-9-11(7-8)15-13(18)14-9/h1-8,16-17H,(H,15,18). The Balaban J connectivity index is 1.87. The average Bonchev–Trinajstić information content (AvgIpc) is 2.80. The molecular weight excluding hydrogens is 294 g/mol. The molecule has 1 heterocycles. The van der Waals surface area contributed by atoms with Crippen LogP contribution in [-0.2, 0) is 10.0 Å². The molecule has 0 fully saturated rings. The van der Waals surface area contributed by atoms with E-state index in [1.54, 1.807) is 12.1 Å². The van der Waals surface area contributed by atoms with Crippen LogP contribution >= 0.6 is 0 Å². The number of carbonyl (C=O) groups excluding carboxylic acids is 1. The van der Waals surface area contributed by atoms with Crippen LogP contribution in [0.15, 0.2) is 53.2 Å². The van der Waals surface area contributed by atoms with Crippen molar-refractivity contribution in [3.05, 3.63) is 48.2 Å². The van der Waals surface area contributed by atoms with Gasteiger partial charge in [-0.25, -0.2) is 13.2 Å². The summed E-state index contributed by atoms with van der Waals surface area (Å²) in [7, 11) is -3.79. The number of carbonyl (C=O) groups is 1. The zero-order chi connectivity index (χ0) is 15.0. The number of hydrogen-bond donors (Lipinski definition) is 3. The zero-order valence-corrected chi connectivity index (χ0v) is 11.5. The van der Waals surface area contributed by atoms with Gasteiger partial charge in [-0.05, 0) is 24.3 Å². The largest absolute Gasteiger partial charge is 0.506 e. The first-order valence-corrected chi connectivity index (χ1v) is 7.60. The number of nitrogens with one attached hydrogen (secondary N) is 2. The first-order chi connectivity index (χ1) is 9.95. The van der Waals surface area contributed by atoms with Crippen molar-refractivity contribution in [2.45, 2.75) is 5.25 Å². The van der Waals surface area contributed by atoms with Gasteiger partial charge in [0.25, 0.3) is 0 Å². The molecule has 0 aromatic heterocycles. The van der Waals surface area contributed by atoms with Gasteiger partial charge in [-0.15, -0.1) is 0 Å². The van der Waals surface area contributed by atoms with Crippen molar-refractivity contribution in [3.8, 4) is 5.75 Å². The number of phenolic OH excluding ortho intramolecular Hbond substituents is 1. The topological polar surface area (TPSA) is 108 Å². The second-order valence-electron chi connectivity index (χ2n) is 4.50. The molecule has 1 atom stereocenters. The fourth-order valence-corrected chi connectivity index (χ4v) is 3.23. The second kappa shape index (κ2) is 4.74. The van der Waals surface area contributed by atoms with Crippen molar-refractivity contribution in [1.82, 2.24) is 5.32 Å². The number of allylic oxidation sites excluding steroid dienone is 1. The Kier molecular flexibility index (Phi) is 3.02. The van der Waals surface area contributed by atoms with E-state index < -0.39 is 21.3 Å². The molecule has 3 rings (SSSR count). The van der Waals surface area contributed by atoms with E-state index in [1.165, 1.54) is 30.4 Å². The fourth-order valence-electron chi connectivity index (χ4n) is 2.01. The Hall–Kier alpha value is -2.61. The molecule has 7 nitrogen and oxygen atoms in total. The summed E-state index contributed by atoms with van der Waals surface area (Å²) < 4.78 is 26.9. The molecule has 1 aliphatic heterocycles. The first kappa shape index (κ1) is 13.4. The number of phenols is 1. The van der Waals surface area contributed by atoms with Gasteiger partial charge in [0.15, 0.2) is 0 Å². The number of aliphatic imine (C=N–C) groups is 1. The van der Waals surface area contributed by atoms with Crippen LogP contribution in [0.4, 0.5) is 10.5 Å². The van der Waals surface area contributed by atoms with Gasteiger partial charge in [0.1, 0.15) is 11.0 Å². The van der Waals surface area contributed by atoms with Gasteiger partial charge in [0.2, 0.25) is 10.0 Å². The summed E-state index contributed by atoms with van der Waals surface area (Å²) in [5, 5.41) is 11.1. The number of anilines is 1. The highest BCUT2D eigenvalue weighted by Crippen LogP contribution is 2.25. The lowest BCUT2D eigenvalue weighted by molar-refractivity contribution is 0.253. The molecular formula is C13H11N3O4S. The smallest absolute Gasteiger partial charge is 0.346 e. The molecule has 1 unspecified atom stereocenters. The van der Waals surface area contributed by atoms with Crippen molar-refractivity contribution < 1.29 is 18.3 Å². The molecule has 21 heavy (non-hydrogen) atoms. The summed E-state index contributed by atoms with van der Waals surface area (Å²) in [6.45, 7) is 0. The van der Waals surface area contributed by atoms with Crippen LogP contribution in [0, 0.1) is 0 Å². The molecule has 108 valence electrons. The van der Waals surface area contributed by atoms with Crippen molar-refractivity contribution in [1.29, 1.82) is 0 Å². The number of amides is 2. The summed E-state index contributed by atoms with van der Waals surface area (Å²) >= 11 is 0. The Morgan fingerprint density at radius 3 is 2.81 bits per heavy atom. The van der Waals surface area contributed by atoms with Crippen LogP contribution in [0.25, 0.3) is 0 Å². The van der Waals surface area contributed by atoms with Crippen LogP contribution in [-0.4, -0.2) is 30.5 Å². The molecule has 3 N–H and O–H groups in total. The highest BCUT2D eigenvalue weighted by molar-refractivity contribution is 7.93. The van der Waals surface area contributed by atoms with Crippen LogP contribution in [0.5, 0.6) is 5.75 Å². The third-order valence-electron chi connectivity index (χ3n) is 3.03. The number of aromatic hydroxyl groups is 1. The van der Waals surface area contributed by atoms with Gasteiger partial charge in [-0.1, -0.05) is 18.2 Å². The molecule has 0 saturated heterocycles. The van der Waals surface area contributed by atoms with Gasteiger partial charge in [0, 0.05) is 0 Å². The van der Waals surface area contributed by atoms with E-state index in [1.807, 2.05) is 0 Å². The number of para-hydroxylation sites is 2. The Bertz CT molecular complexity index is 808. The third kappa shape index (κ3) is 2.52. The minimum Gasteiger partial charge on any atom is -0.506 e. The molecule has 1 aliphatic carbocycles. The second-order valence-corrected chi connectivity index (χ2v) is 6.33. The molecule has 1 aromatic rings. The first-order valence-electron chi connectivity index (χ1n) is 6.05. The van der Waals surface area contributed by atoms with Gasteiger partial charge >= 0.3 is 6.03 Å². The molecule has 2 amide bonds. The van der Waals surface area contributed by atoms with Gasteiger partial charge in [-0.3, -0.25) is 4.72 Å². The van der Waals surface area contributed by atoms with Crippen LogP contribution in [0.2, 0.25) is 0 Å². The lowest BCUT2D eigenvalue weighted by Crippen LogP contribution is -2.29. The molecule has 0 spiro atoms. The quantitative estimate of drug-likeness (QED) is 0.727. The van der Waals surface area contributed by atoms with E-state index in [4.69, 9.17) is 0 Å². The predicted molar refractivity (Wildman–Crippen MR) is 77.6 cm³/mol. The van der Waals surface area contributed by atoms with Crippen LogP contribution in [0.1, 0.15) is 0 Å². The van der Waals surface area contributed by atoms with Crippen LogP contribution in [0.3, 0.4) is 0 Å². The SMILES string of the molecule is O=C1N=C2C=CC(S(=O)(=O)Nc3ccccc3O)C=C2N1. The molecule has 1 aromatic carbocycles. The average molecular weight is 305 g/mol. The number of nitrogens with zero attached hydrogens (tertiary/aromatic N) is 1. The highest BCUT2D eigenvalue weighted by atomic mass is 32.2. The van der Waals surface area contributed by atoms with Crippen molar-refractivity contribution in [3.63, 3.8) is 0 Å². The summed E-state index contributed by atoms with van der Waals surface area (Å²) in [4.78, 5) is 14.8. The summed E-state index contributed by atoms with van der Waals surface area (Å²) in [5.74, 6) is -0.162. The maximum Gasteiger partial charge on any atom is 0.346 e. The zero-order valence-electron chi connectivity index (χ0n) is 10.6. The van der Waals surface area contributed by atoms with Crippen LogP contribution < -0.4 is 10.0 Å². The molecule has 0 saturated carbocycles. The molecule has 8 heteroatoms. The monoisotopic (exact) mass is 305 g/mol. The van der Waals surface area contributed by atoms with E-state index in [2.05, 4.69) is 15.0 Å². The minimum absolute atomic E-state index is 0.0965. The van der Waals surface area contributed by atoms with E-state index in [0.717, 1.165) is 0 Å². The predicted octanol–water partition coefficient (Wildman–Crippen LogP) is 1.12. The van der Waals surface area contributed by atoms with Crippen molar-refractivity contribution in [2.24, 2.45) is 4.99 Å². The lowest BCUT2D eigenvalue weighted by atomic mass is 10.1. The van der Waals surface area contributed by atoms with Crippen molar-refractivity contribution >= 4 is 27.5 Å². The van der Waals surface area contributed by atoms with E-state index in [9.17, 15) is 18.3 Å². The maximum absolute atomic E-state index is 12.3. The fraction of sp³-hybridized carbons (Fsp3) is 0.0769. The molecule has 0 radical (unpaired) electrons. The number of urea groups is 1. The lowest BCUT2D eigenvalue weighted by Gasteiger charge is -2.16. The number of sulfonamides is 1. The summed E-state index contributed by atoms with van der Waals surface area (Å²) in [6.07, 6.45) is 4.29. The van der Waals surface area contributed by atoms with E-state index in [-0.39, 0.29) is 11.4 Å². The summed E-state index contributed by atoms with van der Waals surface area (Å²) in [5.41, 5.74) is 0.878. The third-order valence-corrected chi connectivity index (χ3v) is 4.54. The van der Waals surface area contributed by atoms with Gasteiger partial charge < -0.3 is 10.4 Å². The number of benzene rings is 1. The molecule has 2 aliphatic rings. The minimum atomic E-state index is -3.79. The summed E-state index contributed by atoms with van der Waals surface area (Å²) in [6, 6.07) is 5.51. The highest BCUT2D eigenvalue weighted by Gasteiger charge is 2.29. The maximum atomic E-state index is 12.3. The van der Waals surface area contributed by atoms with Gasteiger partial charge in [-0.2, -0.15) is 4.99 Å². The Labute approximate surface area is 120 Å².